The Morgan fingerprint density at radius 1 is 0.612 bits per heavy atom. The topological polar surface area (TPSA) is 263 Å². The molecule has 0 aliphatic rings. The minimum Gasteiger partial charge on any atom is -0.480 e. The molecule has 0 rings (SSSR count). The van der Waals surface area contributed by atoms with Gasteiger partial charge in [0.15, 0.2) is 5.96 Å². The van der Waals surface area contributed by atoms with Gasteiger partial charge in [0.25, 0.3) is 0 Å². The zero-order valence-corrected chi connectivity index (χ0v) is 43.9. The highest BCUT2D eigenvalue weighted by atomic mass is 33.1. The number of carbonyl (C=O) groups excluding carboxylic acids is 5. The van der Waals surface area contributed by atoms with Gasteiger partial charge in [0.05, 0.1) is 6.04 Å². The van der Waals surface area contributed by atoms with E-state index in [-0.39, 0.29) is 40.8 Å². The smallest absolute Gasteiger partial charge is 0.326 e. The first-order valence-corrected chi connectivity index (χ1v) is 28.3. The number of guanidine groups is 1. The zero-order valence-electron chi connectivity index (χ0n) is 42.3. The standard InChI is InChI=1S/C51H95N7O7S2/c1-5-42(59)32-24-20-16-14-12-10-8-6-7-9-11-13-15-17-22-26-34-46(61)58-43(49(64)65)33-25-21-18-19-23-29-40(31-28-36-57-50(54)55)45(60)37-51(2,3)35-27-30-41(47(52)62)38-66-67-39-44(56-4)48(53)63/h18-19,40-41,43-44,56H,5-17,20-39H2,1-4H3,(H2,52,62)(H2,53,63)(H,58,61)(H,64,65)(H4,54,55,57). The molecule has 0 aromatic heterocycles. The predicted molar refractivity (Wildman–Crippen MR) is 280 cm³/mol. The van der Waals surface area contributed by atoms with E-state index in [0.29, 0.717) is 94.5 Å². The Bertz CT molecular complexity index is 1430. The van der Waals surface area contributed by atoms with E-state index < -0.39 is 24.0 Å². The predicted octanol–water partition coefficient (Wildman–Crippen LogP) is 9.45. The normalized spacial score (nSPS) is 13.5. The molecular formula is C51H95N7O7S2. The van der Waals surface area contributed by atoms with Crippen molar-refractivity contribution in [1.82, 2.24) is 10.6 Å². The number of carboxylic acid groups (broad SMARTS) is 1. The van der Waals surface area contributed by atoms with Crippen molar-refractivity contribution in [3.63, 3.8) is 0 Å². The molecular weight excluding hydrogens is 887 g/mol. The maximum absolute atomic E-state index is 13.7. The third-order valence-electron chi connectivity index (χ3n) is 12.6. The van der Waals surface area contributed by atoms with Crippen molar-refractivity contribution in [2.24, 2.45) is 45.2 Å². The zero-order chi connectivity index (χ0) is 50.1. The molecule has 0 aromatic rings. The van der Waals surface area contributed by atoms with Crippen molar-refractivity contribution in [3.05, 3.63) is 12.2 Å². The van der Waals surface area contributed by atoms with E-state index in [0.717, 1.165) is 44.9 Å². The Labute approximate surface area is 413 Å². The van der Waals surface area contributed by atoms with Crippen molar-refractivity contribution in [2.75, 3.05) is 25.1 Å². The number of ketones is 2. The molecule has 4 unspecified atom stereocenters. The number of carboxylic acids is 1. The lowest BCUT2D eigenvalue weighted by Gasteiger charge is -2.27. The number of primary amides is 2. The largest absolute Gasteiger partial charge is 0.480 e. The van der Waals surface area contributed by atoms with Gasteiger partial charge in [-0.15, -0.1) is 0 Å². The molecule has 0 saturated heterocycles. The van der Waals surface area contributed by atoms with Crippen LogP contribution < -0.4 is 33.6 Å². The number of hydrogen-bond donors (Lipinski definition) is 7. The van der Waals surface area contributed by atoms with Crippen LogP contribution in [0.2, 0.25) is 0 Å². The summed E-state index contributed by atoms with van der Waals surface area (Å²) in [5.74, 6) is -0.834. The molecule has 0 aliphatic heterocycles. The number of amides is 3. The molecule has 0 radical (unpaired) electrons. The Balaban J connectivity index is 4.49. The highest BCUT2D eigenvalue weighted by Crippen LogP contribution is 2.33. The SMILES string of the molecule is CCC(=O)CCCCCCCCCCCCCCCCCCC(=O)NC(CCCC=CCCC(CCCN=C(N)N)C(=O)CC(C)(C)CCCC(CSSCC(NC)C(N)=O)C(N)=O)C(=O)O. The molecule has 67 heavy (non-hydrogen) atoms. The summed E-state index contributed by atoms with van der Waals surface area (Å²) in [7, 11) is 4.66. The number of Topliss-reactive ketones (excluding diaryl/α,β-unsaturated/α-hetero) is 2. The molecule has 4 atom stereocenters. The Morgan fingerprint density at radius 2 is 1.13 bits per heavy atom. The molecule has 0 heterocycles. The number of nitrogens with one attached hydrogen (secondary N) is 2. The third kappa shape index (κ3) is 38.4. The summed E-state index contributed by atoms with van der Waals surface area (Å²) in [5, 5.41) is 15.4. The average molecular weight is 982 g/mol. The monoisotopic (exact) mass is 982 g/mol. The van der Waals surface area contributed by atoms with Gasteiger partial charge in [-0.3, -0.25) is 29.0 Å². The lowest BCUT2D eigenvalue weighted by Crippen LogP contribution is -2.40. The number of unbranched alkanes of at least 4 members (excludes halogenated alkanes) is 16. The van der Waals surface area contributed by atoms with Gasteiger partial charge < -0.3 is 38.7 Å². The first-order chi connectivity index (χ1) is 32.0. The highest BCUT2D eigenvalue weighted by Gasteiger charge is 2.28. The molecule has 0 spiro atoms. The van der Waals surface area contributed by atoms with Crippen molar-refractivity contribution in [3.8, 4) is 0 Å². The molecule has 0 aromatic carbocycles. The van der Waals surface area contributed by atoms with Crippen LogP contribution in [-0.4, -0.2) is 83.5 Å². The minimum atomic E-state index is -1.02. The van der Waals surface area contributed by atoms with Crippen LogP contribution in [-0.2, 0) is 28.8 Å². The van der Waals surface area contributed by atoms with Crippen LogP contribution in [0.25, 0.3) is 0 Å². The molecule has 16 heteroatoms. The number of nitrogens with zero attached hydrogens (tertiary/aromatic N) is 1. The molecule has 0 aliphatic carbocycles. The van der Waals surface area contributed by atoms with Crippen molar-refractivity contribution in [2.45, 2.75) is 225 Å². The van der Waals surface area contributed by atoms with Crippen LogP contribution >= 0.6 is 21.6 Å². The highest BCUT2D eigenvalue weighted by molar-refractivity contribution is 8.76. The van der Waals surface area contributed by atoms with E-state index >= 15 is 0 Å². The second-order valence-corrected chi connectivity index (χ2v) is 21.8. The second-order valence-electron chi connectivity index (χ2n) is 19.2. The first-order valence-electron chi connectivity index (χ1n) is 25.8. The third-order valence-corrected chi connectivity index (χ3v) is 15.0. The molecule has 3 amide bonds. The Morgan fingerprint density at radius 3 is 1.64 bits per heavy atom. The van der Waals surface area contributed by atoms with Gasteiger partial charge in [-0.1, -0.05) is 151 Å². The summed E-state index contributed by atoms with van der Waals surface area (Å²) in [5.41, 5.74) is 21.9. The number of aliphatic carboxylic acids is 1. The molecule has 0 saturated carbocycles. The maximum atomic E-state index is 13.7. The van der Waals surface area contributed by atoms with Crippen LogP contribution in [0.3, 0.4) is 0 Å². The van der Waals surface area contributed by atoms with Gasteiger partial charge in [0.2, 0.25) is 17.7 Å². The number of rotatable bonds is 48. The van der Waals surface area contributed by atoms with Gasteiger partial charge in [0, 0.05) is 55.6 Å². The van der Waals surface area contributed by atoms with E-state index in [2.05, 4.69) is 35.5 Å². The van der Waals surface area contributed by atoms with Crippen molar-refractivity contribution >= 4 is 62.8 Å². The van der Waals surface area contributed by atoms with Gasteiger partial charge in [-0.25, -0.2) is 4.79 Å². The van der Waals surface area contributed by atoms with Gasteiger partial charge in [0.1, 0.15) is 17.6 Å². The molecule has 388 valence electrons. The maximum Gasteiger partial charge on any atom is 0.326 e. The van der Waals surface area contributed by atoms with E-state index in [1.807, 2.05) is 13.0 Å². The number of likely N-dealkylation sites (N-methyl/N-ethyl adjacent to an activating group) is 1. The number of aliphatic imine (C=N–C) groups is 1. The fourth-order valence-corrected chi connectivity index (χ4v) is 10.8. The fraction of sp³-hybridized carbons (Fsp3) is 0.824. The number of nitrogens with two attached hydrogens (primary N) is 4. The minimum absolute atomic E-state index is 0.0250. The quantitative estimate of drug-likeness (QED) is 0.00988. The first kappa shape index (κ1) is 63.9. The molecule has 11 N–H and O–H groups in total. The van der Waals surface area contributed by atoms with Gasteiger partial charge in [-0.2, -0.15) is 0 Å². The summed E-state index contributed by atoms with van der Waals surface area (Å²) < 4.78 is 0. The van der Waals surface area contributed by atoms with Crippen LogP contribution in [0.4, 0.5) is 0 Å². The summed E-state index contributed by atoms with van der Waals surface area (Å²) in [6.07, 6.45) is 31.9. The number of hydrogen-bond acceptors (Lipinski definition) is 10. The van der Waals surface area contributed by atoms with Gasteiger partial charge >= 0.3 is 5.97 Å². The Kier molecular flexibility index (Phi) is 39.9. The van der Waals surface area contributed by atoms with E-state index in [4.69, 9.17) is 22.9 Å². The van der Waals surface area contributed by atoms with Crippen LogP contribution in [0.15, 0.2) is 17.1 Å². The summed E-state index contributed by atoms with van der Waals surface area (Å²) in [6.45, 7) is 6.55. The fourth-order valence-electron chi connectivity index (χ4n) is 8.16. The summed E-state index contributed by atoms with van der Waals surface area (Å²) in [6, 6.07) is -1.35. The van der Waals surface area contributed by atoms with E-state index in [9.17, 15) is 33.9 Å². The Hall–Kier alpha value is -3.11. The van der Waals surface area contributed by atoms with Crippen LogP contribution in [0, 0.1) is 17.3 Å². The second kappa shape index (κ2) is 41.8. The lowest BCUT2D eigenvalue weighted by atomic mass is 9.77. The summed E-state index contributed by atoms with van der Waals surface area (Å²) >= 11 is 0. The molecule has 0 fully saturated rings. The molecule has 14 nitrogen and oxygen atoms in total. The summed E-state index contributed by atoms with van der Waals surface area (Å²) in [4.78, 5) is 77.3. The van der Waals surface area contributed by atoms with Crippen LogP contribution in [0.5, 0.6) is 0 Å². The van der Waals surface area contributed by atoms with Crippen molar-refractivity contribution < 1.29 is 33.9 Å². The van der Waals surface area contributed by atoms with Crippen molar-refractivity contribution in [1.29, 1.82) is 0 Å². The number of carbonyl (C=O) groups is 6. The number of allylic oxidation sites excluding steroid dienone is 2. The average Bonchev–Trinajstić information content (AvgIpc) is 3.26. The molecule has 0 bridgehead atoms. The van der Waals surface area contributed by atoms with E-state index in [1.54, 1.807) is 7.05 Å². The van der Waals surface area contributed by atoms with E-state index in [1.165, 1.54) is 98.6 Å². The van der Waals surface area contributed by atoms with Gasteiger partial charge in [-0.05, 0) is 83.1 Å². The van der Waals surface area contributed by atoms with Crippen LogP contribution in [0.1, 0.15) is 213 Å². The lowest BCUT2D eigenvalue weighted by molar-refractivity contribution is -0.142.